The molecule has 0 atom stereocenters. The molecule has 2 aromatic carbocycles. The molecule has 10 heteroatoms. The normalized spacial score (nSPS) is 14.6. The molecule has 210 valence electrons. The quantitative estimate of drug-likeness (QED) is 0.356. The summed E-state index contributed by atoms with van der Waals surface area (Å²) in [6.07, 6.45) is 1.53. The predicted octanol–water partition coefficient (Wildman–Crippen LogP) is 3.90. The van der Waals surface area contributed by atoms with Crippen LogP contribution in [-0.2, 0) is 32.6 Å². The number of hydrogen-bond donors (Lipinski definition) is 0. The van der Waals surface area contributed by atoms with Gasteiger partial charge in [-0.3, -0.25) is 9.69 Å². The molecule has 0 saturated carbocycles. The van der Waals surface area contributed by atoms with Crippen molar-refractivity contribution in [2.75, 3.05) is 45.9 Å². The Balaban J connectivity index is 1.62. The minimum Gasteiger partial charge on any atom is -0.467 e. The second-order valence-corrected chi connectivity index (χ2v) is 11.9. The van der Waals surface area contributed by atoms with Gasteiger partial charge >= 0.3 is 0 Å². The van der Waals surface area contributed by atoms with Crippen LogP contribution in [0.1, 0.15) is 28.0 Å². The summed E-state index contributed by atoms with van der Waals surface area (Å²) in [6, 6.07) is 13.1. The molecule has 39 heavy (non-hydrogen) atoms. The van der Waals surface area contributed by atoms with Crippen molar-refractivity contribution in [3.8, 4) is 0 Å². The third kappa shape index (κ3) is 7.54. The fraction of sp³-hybridized carbons (Fsp3) is 0.414. The molecule has 0 bridgehead atoms. The molecule has 1 fully saturated rings. The van der Waals surface area contributed by atoms with E-state index in [1.807, 2.05) is 19.1 Å². The number of carbonyl (C=O) groups excluding carboxylic acids is 1. The summed E-state index contributed by atoms with van der Waals surface area (Å²) in [5.74, 6) is -0.172. The number of nitrogens with zero attached hydrogens (tertiary/aromatic N) is 3. The fourth-order valence-electron chi connectivity index (χ4n) is 4.95. The van der Waals surface area contributed by atoms with Crippen LogP contribution in [0.25, 0.3) is 0 Å². The van der Waals surface area contributed by atoms with Crippen LogP contribution in [0.2, 0.25) is 0 Å². The monoisotopic (exact) mass is 557 g/mol. The summed E-state index contributed by atoms with van der Waals surface area (Å²) < 4.78 is 53.9. The van der Waals surface area contributed by atoms with Gasteiger partial charge in [0, 0.05) is 32.7 Å². The number of ether oxygens (including phenoxy) is 1. The van der Waals surface area contributed by atoms with Crippen LogP contribution in [0.3, 0.4) is 0 Å². The molecule has 0 radical (unpaired) electrons. The van der Waals surface area contributed by atoms with Gasteiger partial charge < -0.3 is 14.1 Å². The molecule has 8 nitrogen and oxygen atoms in total. The molecule has 0 aliphatic carbocycles. The van der Waals surface area contributed by atoms with Crippen molar-refractivity contribution in [2.45, 2.75) is 38.8 Å². The third-order valence-electron chi connectivity index (χ3n) is 6.85. The van der Waals surface area contributed by atoms with Crippen molar-refractivity contribution in [3.05, 3.63) is 88.6 Å². The number of benzene rings is 2. The molecule has 1 aromatic heterocycles. The highest BCUT2D eigenvalue weighted by Gasteiger charge is 2.32. The van der Waals surface area contributed by atoms with Crippen LogP contribution in [0.15, 0.2) is 64.1 Å². The molecule has 1 aliphatic heterocycles. The molecule has 1 saturated heterocycles. The van der Waals surface area contributed by atoms with E-state index >= 15 is 0 Å². The number of rotatable bonds is 11. The first-order valence-electron chi connectivity index (χ1n) is 13.1. The molecule has 0 spiro atoms. The van der Waals surface area contributed by atoms with Crippen LogP contribution >= 0.6 is 0 Å². The molecule has 1 aliphatic rings. The van der Waals surface area contributed by atoms with Gasteiger partial charge in [-0.15, -0.1) is 0 Å². The van der Waals surface area contributed by atoms with Gasteiger partial charge in [0.05, 0.1) is 37.5 Å². The zero-order chi connectivity index (χ0) is 28.0. The molecular formula is C29H36FN3O5S. The highest BCUT2D eigenvalue weighted by atomic mass is 32.2. The number of carbonyl (C=O) groups is 1. The maximum atomic E-state index is 14.1. The summed E-state index contributed by atoms with van der Waals surface area (Å²) >= 11 is 0. The summed E-state index contributed by atoms with van der Waals surface area (Å²) in [7, 11) is -3.99. The summed E-state index contributed by atoms with van der Waals surface area (Å²) in [4.78, 5) is 17.7. The lowest BCUT2D eigenvalue weighted by atomic mass is 10.1. The smallest absolute Gasteiger partial charge is 0.244 e. The average Bonchev–Trinajstić information content (AvgIpc) is 3.40. The summed E-state index contributed by atoms with van der Waals surface area (Å²) in [6.45, 7) is 8.75. The van der Waals surface area contributed by atoms with E-state index in [1.54, 1.807) is 38.1 Å². The lowest BCUT2D eigenvalue weighted by molar-refractivity contribution is -0.133. The summed E-state index contributed by atoms with van der Waals surface area (Å²) in [5, 5.41) is 0. The molecule has 0 unspecified atom stereocenters. The van der Waals surface area contributed by atoms with Gasteiger partial charge in [0.1, 0.15) is 11.6 Å². The Bertz CT molecular complexity index is 1330. The van der Waals surface area contributed by atoms with Gasteiger partial charge in [-0.1, -0.05) is 29.8 Å². The SMILES string of the molecule is Cc1cc(C)c(S(=O)(=O)N(CCN2CCOCC2)CC(=O)N(Cc2ccc(F)cc2)Cc2ccco2)c(C)c1. The third-order valence-corrected chi connectivity index (χ3v) is 9.00. The number of morpholine rings is 1. The average molecular weight is 558 g/mol. The van der Waals surface area contributed by atoms with Crippen LogP contribution in [-0.4, -0.2) is 74.4 Å². The van der Waals surface area contributed by atoms with Crippen molar-refractivity contribution in [1.82, 2.24) is 14.1 Å². The Morgan fingerprint density at radius 3 is 2.28 bits per heavy atom. The van der Waals surface area contributed by atoms with Crippen LogP contribution in [0.5, 0.6) is 0 Å². The Morgan fingerprint density at radius 2 is 1.67 bits per heavy atom. The Morgan fingerprint density at radius 1 is 1.00 bits per heavy atom. The van der Waals surface area contributed by atoms with E-state index in [0.29, 0.717) is 49.7 Å². The number of halogens is 1. The standard InChI is InChI=1S/C29H36FN3O5S/c1-22-17-23(2)29(24(3)18-22)39(35,36)33(11-10-31-12-15-37-16-13-31)21-28(34)32(20-27-5-4-14-38-27)19-25-6-8-26(30)9-7-25/h4-9,14,17-18H,10-13,15-16,19-21H2,1-3H3. The van der Waals surface area contributed by atoms with Crippen LogP contribution in [0.4, 0.5) is 4.39 Å². The first-order chi connectivity index (χ1) is 18.6. The molecular weight excluding hydrogens is 521 g/mol. The lowest BCUT2D eigenvalue weighted by Gasteiger charge is -2.31. The Kier molecular flexibility index (Phi) is 9.55. The number of sulfonamides is 1. The highest BCUT2D eigenvalue weighted by Crippen LogP contribution is 2.26. The van der Waals surface area contributed by atoms with Gasteiger partial charge in [-0.05, 0) is 61.7 Å². The van der Waals surface area contributed by atoms with E-state index in [0.717, 1.165) is 11.1 Å². The predicted molar refractivity (Wildman–Crippen MR) is 146 cm³/mol. The molecule has 3 aromatic rings. The highest BCUT2D eigenvalue weighted by molar-refractivity contribution is 7.89. The number of amides is 1. The van der Waals surface area contributed by atoms with Crippen molar-refractivity contribution < 1.29 is 26.8 Å². The van der Waals surface area contributed by atoms with Crippen molar-refractivity contribution in [1.29, 1.82) is 0 Å². The van der Waals surface area contributed by atoms with E-state index in [4.69, 9.17) is 9.15 Å². The van der Waals surface area contributed by atoms with Crippen molar-refractivity contribution in [3.63, 3.8) is 0 Å². The topological polar surface area (TPSA) is 83.3 Å². The largest absolute Gasteiger partial charge is 0.467 e. The number of hydrogen-bond acceptors (Lipinski definition) is 6. The van der Waals surface area contributed by atoms with Crippen molar-refractivity contribution >= 4 is 15.9 Å². The van der Waals surface area contributed by atoms with E-state index in [2.05, 4.69) is 4.90 Å². The minimum absolute atomic E-state index is 0.156. The fourth-order valence-corrected chi connectivity index (χ4v) is 6.74. The Hall–Kier alpha value is -3.05. The van der Waals surface area contributed by atoms with Gasteiger partial charge in [-0.25, -0.2) is 12.8 Å². The van der Waals surface area contributed by atoms with Crippen molar-refractivity contribution in [2.24, 2.45) is 0 Å². The van der Waals surface area contributed by atoms with Gasteiger partial charge in [0.15, 0.2) is 0 Å². The number of furan rings is 1. The molecule has 4 rings (SSSR count). The first kappa shape index (κ1) is 28.9. The zero-order valence-corrected chi connectivity index (χ0v) is 23.5. The van der Waals surface area contributed by atoms with Crippen LogP contribution < -0.4 is 0 Å². The lowest BCUT2D eigenvalue weighted by Crippen LogP contribution is -2.47. The van der Waals surface area contributed by atoms with E-state index < -0.39 is 10.0 Å². The first-order valence-corrected chi connectivity index (χ1v) is 14.5. The summed E-state index contributed by atoms with van der Waals surface area (Å²) in [5.41, 5.74) is 3.00. The second-order valence-electron chi connectivity index (χ2n) is 9.98. The molecule has 0 N–H and O–H groups in total. The van der Waals surface area contributed by atoms with Gasteiger partial charge in [-0.2, -0.15) is 4.31 Å². The number of aryl methyl sites for hydroxylation is 3. The maximum absolute atomic E-state index is 14.1. The van der Waals surface area contributed by atoms with Gasteiger partial charge in [0.2, 0.25) is 15.9 Å². The van der Waals surface area contributed by atoms with Crippen LogP contribution in [0, 0.1) is 26.6 Å². The van der Waals surface area contributed by atoms with E-state index in [9.17, 15) is 17.6 Å². The van der Waals surface area contributed by atoms with E-state index in [-0.39, 0.29) is 42.8 Å². The zero-order valence-electron chi connectivity index (χ0n) is 22.7. The molecule has 1 amide bonds. The molecule has 2 heterocycles. The van der Waals surface area contributed by atoms with E-state index in [1.165, 1.54) is 27.6 Å². The Labute approximate surface area is 230 Å². The second kappa shape index (κ2) is 12.9. The maximum Gasteiger partial charge on any atom is 0.244 e. The van der Waals surface area contributed by atoms with Gasteiger partial charge in [0.25, 0.3) is 0 Å². The minimum atomic E-state index is -3.99.